The first kappa shape index (κ1) is 17.5. The molecule has 1 atom stereocenters. The maximum absolute atomic E-state index is 12.8. The van der Waals surface area contributed by atoms with Gasteiger partial charge in [-0.25, -0.2) is 4.79 Å². The van der Waals surface area contributed by atoms with Crippen LogP contribution in [0.25, 0.3) is 0 Å². The summed E-state index contributed by atoms with van der Waals surface area (Å²) in [5.41, 5.74) is 0.761. The molecular weight excluding hydrogens is 359 g/mol. The summed E-state index contributed by atoms with van der Waals surface area (Å²) in [5, 5.41) is 10.1. The lowest BCUT2D eigenvalue weighted by Gasteiger charge is -2.29. The molecule has 0 bridgehead atoms. The molecular formula is C15H15ClF3N5O. The van der Waals surface area contributed by atoms with E-state index in [0.717, 1.165) is 10.1 Å². The van der Waals surface area contributed by atoms with E-state index < -0.39 is 18.0 Å². The van der Waals surface area contributed by atoms with E-state index in [9.17, 15) is 18.0 Å². The van der Waals surface area contributed by atoms with Crippen molar-refractivity contribution in [3.8, 4) is 0 Å². The summed E-state index contributed by atoms with van der Waals surface area (Å²) in [6.07, 6.45) is -4.56. The van der Waals surface area contributed by atoms with Crippen LogP contribution in [0.1, 0.15) is 30.2 Å². The average Bonchev–Trinajstić information content (AvgIpc) is 2.98. The number of rotatable bonds is 2. The van der Waals surface area contributed by atoms with Crippen molar-refractivity contribution in [2.24, 2.45) is 0 Å². The van der Waals surface area contributed by atoms with Crippen LogP contribution in [0.15, 0.2) is 24.3 Å². The minimum atomic E-state index is -4.56. The summed E-state index contributed by atoms with van der Waals surface area (Å²) >= 11 is 6.11. The largest absolute Gasteiger partial charge is 0.451 e. The van der Waals surface area contributed by atoms with Crippen LogP contribution in [0, 0.1) is 0 Å². The van der Waals surface area contributed by atoms with Crippen LogP contribution in [-0.4, -0.2) is 32.2 Å². The van der Waals surface area contributed by atoms with Crippen molar-refractivity contribution < 1.29 is 18.0 Å². The van der Waals surface area contributed by atoms with Crippen molar-refractivity contribution in [2.45, 2.75) is 32.2 Å². The molecule has 0 spiro atoms. The third kappa shape index (κ3) is 3.55. The summed E-state index contributed by atoms with van der Waals surface area (Å²) in [4.78, 5) is 13.8. The van der Waals surface area contributed by atoms with Gasteiger partial charge in [0.25, 0.3) is 0 Å². The number of benzene rings is 1. The lowest BCUT2D eigenvalue weighted by Crippen LogP contribution is -2.45. The topological polar surface area (TPSA) is 63.1 Å². The fourth-order valence-corrected chi connectivity index (χ4v) is 3.02. The Hall–Kier alpha value is -2.29. The molecule has 10 heteroatoms. The molecule has 0 saturated heterocycles. The van der Waals surface area contributed by atoms with E-state index in [4.69, 9.17) is 11.6 Å². The van der Waals surface area contributed by atoms with E-state index in [1.54, 1.807) is 25.1 Å². The second-order valence-electron chi connectivity index (χ2n) is 5.70. The van der Waals surface area contributed by atoms with E-state index in [1.807, 2.05) is 6.07 Å². The summed E-state index contributed by atoms with van der Waals surface area (Å²) in [5.74, 6) is -0.925. The maximum atomic E-state index is 12.8. The Balaban J connectivity index is 1.69. The second-order valence-corrected chi connectivity index (χ2v) is 6.11. The van der Waals surface area contributed by atoms with Gasteiger partial charge in [0.2, 0.25) is 5.82 Å². The monoisotopic (exact) mass is 373 g/mol. The van der Waals surface area contributed by atoms with Gasteiger partial charge in [0.05, 0.1) is 12.6 Å². The number of halogens is 4. The molecule has 2 amide bonds. The first-order valence-electron chi connectivity index (χ1n) is 7.56. The fraction of sp³-hybridized carbons (Fsp3) is 0.400. The van der Waals surface area contributed by atoms with Crippen LogP contribution in [0.4, 0.5) is 18.0 Å². The van der Waals surface area contributed by atoms with Crippen LogP contribution in [0.5, 0.6) is 0 Å². The van der Waals surface area contributed by atoms with Crippen LogP contribution < -0.4 is 5.32 Å². The Bertz CT molecular complexity index is 792. The molecule has 0 unspecified atom stereocenters. The summed E-state index contributed by atoms with van der Waals surface area (Å²) in [7, 11) is 0. The summed E-state index contributed by atoms with van der Waals surface area (Å²) < 4.78 is 39.5. The van der Waals surface area contributed by atoms with Crippen molar-refractivity contribution in [1.29, 1.82) is 0 Å². The second kappa shape index (κ2) is 6.55. The number of hydrogen-bond acceptors (Lipinski definition) is 3. The Kier molecular flexibility index (Phi) is 4.59. The molecule has 2 heterocycles. The molecule has 6 nitrogen and oxygen atoms in total. The zero-order valence-electron chi connectivity index (χ0n) is 13.2. The molecule has 2 aromatic rings. The summed E-state index contributed by atoms with van der Waals surface area (Å²) in [6, 6.07) is 6.39. The molecule has 0 saturated carbocycles. The van der Waals surface area contributed by atoms with Crippen molar-refractivity contribution in [1.82, 2.24) is 25.0 Å². The fourth-order valence-electron chi connectivity index (χ4n) is 2.72. The number of aromatic nitrogens is 3. The number of nitrogens with zero attached hydrogens (tertiary/aromatic N) is 4. The van der Waals surface area contributed by atoms with Gasteiger partial charge in [-0.3, -0.25) is 0 Å². The van der Waals surface area contributed by atoms with E-state index >= 15 is 0 Å². The highest BCUT2D eigenvalue weighted by molar-refractivity contribution is 6.31. The molecule has 1 aromatic heterocycles. The highest BCUT2D eigenvalue weighted by atomic mass is 35.5. The van der Waals surface area contributed by atoms with Crippen LogP contribution >= 0.6 is 11.6 Å². The first-order valence-corrected chi connectivity index (χ1v) is 7.94. The zero-order chi connectivity index (χ0) is 18.2. The molecule has 1 aromatic carbocycles. The van der Waals surface area contributed by atoms with Gasteiger partial charge in [0, 0.05) is 18.1 Å². The van der Waals surface area contributed by atoms with Crippen molar-refractivity contribution in [2.75, 3.05) is 6.54 Å². The highest BCUT2D eigenvalue weighted by Crippen LogP contribution is 2.29. The van der Waals surface area contributed by atoms with Gasteiger partial charge in [-0.2, -0.15) is 13.2 Å². The molecule has 134 valence electrons. The molecule has 1 aliphatic rings. The van der Waals surface area contributed by atoms with Crippen LogP contribution in [0.3, 0.4) is 0 Å². The third-order valence-electron chi connectivity index (χ3n) is 4.01. The zero-order valence-corrected chi connectivity index (χ0v) is 14.0. The quantitative estimate of drug-likeness (QED) is 0.879. The number of carbonyl (C=O) groups excluding carboxylic acids is 1. The molecule has 1 aliphatic heterocycles. The number of nitrogens with one attached hydrogen (secondary N) is 1. The Morgan fingerprint density at radius 2 is 2.00 bits per heavy atom. The SMILES string of the molecule is C[C@@H](NC(=O)N1CCn2c(nnc2C(F)(F)F)C1)c1ccccc1Cl. The number of alkyl halides is 3. The Morgan fingerprint density at radius 3 is 2.68 bits per heavy atom. The maximum Gasteiger partial charge on any atom is 0.451 e. The van der Waals surface area contributed by atoms with Gasteiger partial charge < -0.3 is 14.8 Å². The smallest absolute Gasteiger partial charge is 0.331 e. The van der Waals surface area contributed by atoms with Gasteiger partial charge in [-0.15, -0.1) is 10.2 Å². The molecule has 25 heavy (non-hydrogen) atoms. The van der Waals surface area contributed by atoms with Crippen molar-refractivity contribution in [3.63, 3.8) is 0 Å². The van der Waals surface area contributed by atoms with Crippen LogP contribution in [-0.2, 0) is 19.3 Å². The molecule has 1 N–H and O–H groups in total. The number of amides is 2. The van der Waals surface area contributed by atoms with Crippen LogP contribution in [0.2, 0.25) is 5.02 Å². The number of fused-ring (bicyclic) bond motifs is 1. The number of carbonyl (C=O) groups is 1. The minimum absolute atomic E-state index is 0.00886. The molecule has 0 fully saturated rings. The highest BCUT2D eigenvalue weighted by Gasteiger charge is 2.40. The third-order valence-corrected chi connectivity index (χ3v) is 4.35. The minimum Gasteiger partial charge on any atom is -0.331 e. The Morgan fingerprint density at radius 1 is 1.28 bits per heavy atom. The molecule has 0 aliphatic carbocycles. The van der Waals surface area contributed by atoms with E-state index in [0.29, 0.717) is 5.02 Å². The molecule has 3 rings (SSSR count). The standard InChI is InChI=1S/C15H15ClF3N5O/c1-9(10-4-2-3-5-11(10)16)20-14(25)23-6-7-24-12(8-23)21-22-13(24)15(17,18)19/h2-5,9H,6-8H2,1H3,(H,20,25)/t9-/m1/s1. The van der Waals surface area contributed by atoms with Gasteiger partial charge in [0.1, 0.15) is 0 Å². The van der Waals surface area contributed by atoms with E-state index in [-0.39, 0.29) is 31.5 Å². The average molecular weight is 374 g/mol. The lowest BCUT2D eigenvalue weighted by molar-refractivity contribution is -0.147. The van der Waals surface area contributed by atoms with E-state index in [1.165, 1.54) is 4.90 Å². The van der Waals surface area contributed by atoms with E-state index in [2.05, 4.69) is 15.5 Å². The number of hydrogen-bond donors (Lipinski definition) is 1. The first-order chi connectivity index (χ1) is 11.8. The molecule has 0 radical (unpaired) electrons. The lowest BCUT2D eigenvalue weighted by atomic mass is 10.1. The predicted molar refractivity (Wildman–Crippen MR) is 83.8 cm³/mol. The van der Waals surface area contributed by atoms with Gasteiger partial charge in [0.15, 0.2) is 5.82 Å². The van der Waals surface area contributed by atoms with Gasteiger partial charge in [-0.05, 0) is 18.6 Å². The van der Waals surface area contributed by atoms with Gasteiger partial charge in [-0.1, -0.05) is 29.8 Å². The predicted octanol–water partition coefficient (Wildman–Crippen LogP) is 3.24. The number of urea groups is 1. The normalized spacial score (nSPS) is 15.6. The van der Waals surface area contributed by atoms with Gasteiger partial charge >= 0.3 is 12.2 Å². The van der Waals surface area contributed by atoms with Crippen molar-refractivity contribution >= 4 is 17.6 Å². The van der Waals surface area contributed by atoms with Crippen molar-refractivity contribution in [3.05, 3.63) is 46.5 Å². The Labute approximate surface area is 146 Å². The summed E-state index contributed by atoms with van der Waals surface area (Å²) in [6.45, 7) is 1.87.